The first-order valence-corrected chi connectivity index (χ1v) is 10.1. The molecular formula is C19H35N5O7. The maximum atomic E-state index is 12.7. The van der Waals surface area contributed by atoms with Crippen LogP contribution in [0.15, 0.2) is 0 Å². The Morgan fingerprint density at radius 2 is 1.45 bits per heavy atom. The highest BCUT2D eigenvalue weighted by molar-refractivity contribution is 5.95. The van der Waals surface area contributed by atoms with Crippen molar-refractivity contribution in [3.8, 4) is 0 Å². The Bertz CT molecular complexity index is 656. The summed E-state index contributed by atoms with van der Waals surface area (Å²) >= 11 is 0. The highest BCUT2D eigenvalue weighted by Crippen LogP contribution is 2.10. The lowest BCUT2D eigenvalue weighted by atomic mass is 9.96. The molecule has 0 rings (SSSR count). The summed E-state index contributed by atoms with van der Waals surface area (Å²) < 4.78 is 0. The number of amides is 4. The molecule has 5 unspecified atom stereocenters. The minimum atomic E-state index is -1.62. The maximum Gasteiger partial charge on any atom is 0.326 e. The number of carboxylic acid groups (broad SMARTS) is 1. The fourth-order valence-corrected chi connectivity index (χ4v) is 2.71. The molecule has 0 saturated heterocycles. The molecule has 0 radical (unpaired) electrons. The summed E-state index contributed by atoms with van der Waals surface area (Å²) in [5, 5.41) is 25.5. The Morgan fingerprint density at radius 1 is 0.903 bits per heavy atom. The molecule has 12 heteroatoms. The molecule has 4 amide bonds. The molecule has 178 valence electrons. The van der Waals surface area contributed by atoms with Crippen LogP contribution in [0.4, 0.5) is 0 Å². The van der Waals surface area contributed by atoms with Crippen molar-refractivity contribution in [1.29, 1.82) is 0 Å². The fraction of sp³-hybridized carbons (Fsp3) is 0.737. The lowest BCUT2D eigenvalue weighted by Crippen LogP contribution is -2.59. The van der Waals surface area contributed by atoms with Gasteiger partial charge < -0.3 is 37.6 Å². The van der Waals surface area contributed by atoms with Crippen molar-refractivity contribution in [3.63, 3.8) is 0 Å². The SMILES string of the molecule is CCC(C)C(NC(=O)C(N)CC(C)C)C(=O)NC(CO)C(=O)NC(CC(N)=O)C(=O)O. The van der Waals surface area contributed by atoms with Gasteiger partial charge in [-0.25, -0.2) is 4.79 Å². The largest absolute Gasteiger partial charge is 0.480 e. The molecular weight excluding hydrogens is 410 g/mol. The summed E-state index contributed by atoms with van der Waals surface area (Å²) in [7, 11) is 0. The van der Waals surface area contributed by atoms with E-state index < -0.39 is 66.8 Å². The first kappa shape index (κ1) is 28.3. The number of carboxylic acids is 1. The van der Waals surface area contributed by atoms with Crippen molar-refractivity contribution in [1.82, 2.24) is 16.0 Å². The Labute approximate surface area is 181 Å². The van der Waals surface area contributed by atoms with E-state index in [0.717, 1.165) is 0 Å². The van der Waals surface area contributed by atoms with Crippen LogP contribution in [0.5, 0.6) is 0 Å². The molecule has 0 aromatic heterocycles. The zero-order valence-electron chi connectivity index (χ0n) is 18.4. The first-order chi connectivity index (χ1) is 14.3. The van der Waals surface area contributed by atoms with Gasteiger partial charge in [-0.3, -0.25) is 19.2 Å². The highest BCUT2D eigenvalue weighted by atomic mass is 16.4. The van der Waals surface area contributed by atoms with E-state index >= 15 is 0 Å². The van der Waals surface area contributed by atoms with E-state index in [2.05, 4.69) is 10.6 Å². The van der Waals surface area contributed by atoms with Gasteiger partial charge in [-0.05, 0) is 18.3 Å². The summed E-state index contributed by atoms with van der Waals surface area (Å²) in [5.74, 6) is -4.88. The number of aliphatic hydroxyl groups is 1. The summed E-state index contributed by atoms with van der Waals surface area (Å²) in [4.78, 5) is 59.6. The Kier molecular flexibility index (Phi) is 12.4. The topological polar surface area (TPSA) is 214 Å². The normalized spacial score (nSPS) is 15.8. The number of carbonyl (C=O) groups is 5. The van der Waals surface area contributed by atoms with Crippen LogP contribution in [0, 0.1) is 11.8 Å². The van der Waals surface area contributed by atoms with Gasteiger partial charge in [0.1, 0.15) is 18.1 Å². The predicted molar refractivity (Wildman–Crippen MR) is 111 cm³/mol. The average Bonchev–Trinajstić information content (AvgIpc) is 2.67. The monoisotopic (exact) mass is 445 g/mol. The van der Waals surface area contributed by atoms with Gasteiger partial charge in [-0.2, -0.15) is 0 Å². The molecule has 0 aliphatic heterocycles. The molecule has 0 spiro atoms. The molecule has 0 aromatic rings. The van der Waals surface area contributed by atoms with Crippen LogP contribution in [0.2, 0.25) is 0 Å². The number of rotatable bonds is 14. The average molecular weight is 446 g/mol. The summed E-state index contributed by atoms with van der Waals surface area (Å²) in [6.07, 6.45) is 0.277. The van der Waals surface area contributed by atoms with E-state index in [9.17, 15) is 29.1 Å². The van der Waals surface area contributed by atoms with Crippen LogP contribution < -0.4 is 27.4 Å². The standard InChI is InChI=1S/C19H35N5O7/c1-5-10(4)15(24-16(27)11(20)6-9(2)3)18(29)23-13(8-25)17(28)22-12(19(30)31)7-14(21)26/h9-13,15,25H,5-8,20H2,1-4H3,(H2,21,26)(H,22,28)(H,23,29)(H,24,27)(H,30,31). The zero-order chi connectivity index (χ0) is 24.3. The third kappa shape index (κ3) is 10.2. The number of primary amides is 1. The number of aliphatic hydroxyl groups excluding tert-OH is 1. The van der Waals surface area contributed by atoms with Gasteiger partial charge in [0.25, 0.3) is 0 Å². The highest BCUT2D eigenvalue weighted by Gasteiger charge is 2.32. The number of hydrogen-bond acceptors (Lipinski definition) is 7. The number of aliphatic carboxylic acids is 1. The van der Waals surface area contributed by atoms with Crippen LogP contribution in [-0.2, 0) is 24.0 Å². The maximum absolute atomic E-state index is 12.7. The van der Waals surface area contributed by atoms with Crippen molar-refractivity contribution < 1.29 is 34.2 Å². The quantitative estimate of drug-likeness (QED) is 0.155. The molecule has 0 saturated carbocycles. The van der Waals surface area contributed by atoms with Crippen molar-refractivity contribution >= 4 is 29.6 Å². The first-order valence-electron chi connectivity index (χ1n) is 10.1. The Hall–Kier alpha value is -2.73. The van der Waals surface area contributed by atoms with Crippen molar-refractivity contribution in [2.24, 2.45) is 23.3 Å². The lowest BCUT2D eigenvalue weighted by Gasteiger charge is -2.27. The van der Waals surface area contributed by atoms with Crippen LogP contribution >= 0.6 is 0 Å². The zero-order valence-corrected chi connectivity index (χ0v) is 18.4. The number of carbonyl (C=O) groups excluding carboxylic acids is 4. The van der Waals surface area contributed by atoms with Gasteiger partial charge in [-0.15, -0.1) is 0 Å². The minimum Gasteiger partial charge on any atom is -0.480 e. The van der Waals surface area contributed by atoms with Crippen LogP contribution in [0.3, 0.4) is 0 Å². The van der Waals surface area contributed by atoms with Crippen LogP contribution in [-0.4, -0.2) is 70.6 Å². The second-order valence-corrected chi connectivity index (χ2v) is 7.92. The molecule has 5 atom stereocenters. The summed E-state index contributed by atoms with van der Waals surface area (Å²) in [6, 6.07) is -4.97. The van der Waals surface area contributed by atoms with Gasteiger partial charge in [0.05, 0.1) is 19.1 Å². The molecule has 9 N–H and O–H groups in total. The van der Waals surface area contributed by atoms with Crippen molar-refractivity contribution in [2.75, 3.05) is 6.61 Å². The van der Waals surface area contributed by atoms with Gasteiger partial charge >= 0.3 is 5.97 Å². The lowest BCUT2D eigenvalue weighted by molar-refractivity contribution is -0.144. The number of nitrogens with one attached hydrogen (secondary N) is 3. The Morgan fingerprint density at radius 3 is 1.87 bits per heavy atom. The van der Waals surface area contributed by atoms with Gasteiger partial charge in [0.15, 0.2) is 0 Å². The van der Waals surface area contributed by atoms with Crippen molar-refractivity contribution in [2.45, 2.75) is 71.1 Å². The molecule has 0 aromatic carbocycles. The fourth-order valence-electron chi connectivity index (χ4n) is 2.71. The minimum absolute atomic E-state index is 0.168. The molecule has 31 heavy (non-hydrogen) atoms. The number of hydrogen-bond donors (Lipinski definition) is 7. The van der Waals surface area contributed by atoms with E-state index in [1.807, 2.05) is 26.1 Å². The van der Waals surface area contributed by atoms with Crippen LogP contribution in [0.1, 0.15) is 47.0 Å². The van der Waals surface area contributed by atoms with Gasteiger partial charge in [0, 0.05) is 0 Å². The van der Waals surface area contributed by atoms with E-state index in [4.69, 9.17) is 16.6 Å². The second kappa shape index (κ2) is 13.5. The van der Waals surface area contributed by atoms with E-state index in [0.29, 0.717) is 12.8 Å². The third-order valence-electron chi connectivity index (χ3n) is 4.69. The van der Waals surface area contributed by atoms with Crippen LogP contribution in [0.25, 0.3) is 0 Å². The summed E-state index contributed by atoms with van der Waals surface area (Å²) in [6.45, 7) is 6.50. The molecule has 0 bridgehead atoms. The predicted octanol–water partition coefficient (Wildman–Crippen LogP) is -2.19. The second-order valence-electron chi connectivity index (χ2n) is 7.92. The molecule has 0 aliphatic rings. The van der Waals surface area contributed by atoms with E-state index in [1.54, 1.807) is 6.92 Å². The third-order valence-corrected chi connectivity index (χ3v) is 4.69. The molecule has 12 nitrogen and oxygen atoms in total. The number of nitrogens with two attached hydrogens (primary N) is 2. The smallest absolute Gasteiger partial charge is 0.326 e. The van der Waals surface area contributed by atoms with E-state index in [-0.39, 0.29) is 11.8 Å². The van der Waals surface area contributed by atoms with E-state index in [1.165, 1.54) is 0 Å². The Balaban J connectivity index is 5.30. The molecule has 0 aliphatic carbocycles. The summed E-state index contributed by atoms with van der Waals surface area (Å²) in [5.41, 5.74) is 10.8. The van der Waals surface area contributed by atoms with Gasteiger partial charge in [0.2, 0.25) is 23.6 Å². The van der Waals surface area contributed by atoms with Gasteiger partial charge in [-0.1, -0.05) is 34.1 Å². The molecule has 0 fully saturated rings. The molecule has 0 heterocycles. The van der Waals surface area contributed by atoms with Crippen molar-refractivity contribution in [3.05, 3.63) is 0 Å².